The molecule has 0 unspecified atom stereocenters. The van der Waals surface area contributed by atoms with Crippen LogP contribution in [-0.4, -0.2) is 51.5 Å². The van der Waals surface area contributed by atoms with Crippen LogP contribution in [0, 0.1) is 0 Å². The molecule has 0 aliphatic rings. The van der Waals surface area contributed by atoms with E-state index in [1.807, 2.05) is 73.1 Å². The van der Waals surface area contributed by atoms with Gasteiger partial charge in [-0.3, -0.25) is 9.20 Å². The van der Waals surface area contributed by atoms with E-state index >= 15 is 0 Å². The first-order valence-corrected chi connectivity index (χ1v) is 9.76. The zero-order valence-corrected chi connectivity index (χ0v) is 19.6. The predicted octanol–water partition coefficient (Wildman–Crippen LogP) is 2.45. The normalized spacial score (nSPS) is 11.1. The molecular weight excluding hydrogens is 493 g/mol. The van der Waals surface area contributed by atoms with Gasteiger partial charge < -0.3 is 15.5 Å². The third-order valence-corrected chi connectivity index (χ3v) is 4.43. The van der Waals surface area contributed by atoms with E-state index in [1.165, 1.54) is 0 Å². The van der Waals surface area contributed by atoms with Gasteiger partial charge in [0, 0.05) is 39.3 Å². The lowest BCUT2D eigenvalue weighted by molar-refractivity contribution is -0.130. The number of amides is 1. The second-order valence-corrected chi connectivity index (χ2v) is 6.65. The average molecular weight is 521 g/mol. The van der Waals surface area contributed by atoms with Crippen molar-refractivity contribution < 1.29 is 4.79 Å². The van der Waals surface area contributed by atoms with Crippen LogP contribution in [0.2, 0.25) is 0 Å². The van der Waals surface area contributed by atoms with Crippen molar-refractivity contribution in [1.82, 2.24) is 30.1 Å². The van der Waals surface area contributed by atoms with Crippen LogP contribution in [0.4, 0.5) is 0 Å². The molecule has 0 fully saturated rings. The minimum atomic E-state index is 0. The second-order valence-electron chi connectivity index (χ2n) is 6.65. The molecule has 30 heavy (non-hydrogen) atoms. The van der Waals surface area contributed by atoms with Crippen LogP contribution in [0.25, 0.3) is 5.65 Å². The van der Waals surface area contributed by atoms with Crippen LogP contribution in [0.1, 0.15) is 24.7 Å². The molecule has 0 aliphatic carbocycles. The molecule has 0 saturated carbocycles. The van der Waals surface area contributed by atoms with Crippen LogP contribution in [0.5, 0.6) is 0 Å². The Balaban J connectivity index is 0.00000320. The summed E-state index contributed by atoms with van der Waals surface area (Å²) < 4.78 is 1.91. The Bertz CT molecular complexity index is 958. The Kier molecular flexibility index (Phi) is 9.52. The summed E-state index contributed by atoms with van der Waals surface area (Å²) >= 11 is 0. The van der Waals surface area contributed by atoms with E-state index < -0.39 is 0 Å². The molecule has 160 valence electrons. The average Bonchev–Trinajstić information content (AvgIpc) is 3.16. The highest BCUT2D eigenvalue weighted by Gasteiger charge is 2.10. The molecule has 2 aromatic heterocycles. The molecule has 0 aliphatic heterocycles. The highest BCUT2D eigenvalue weighted by atomic mass is 127. The van der Waals surface area contributed by atoms with Crippen molar-refractivity contribution in [1.29, 1.82) is 0 Å². The number of aromatic nitrogens is 3. The summed E-state index contributed by atoms with van der Waals surface area (Å²) in [7, 11) is 1.82. The number of nitrogens with one attached hydrogen (secondary N) is 2. The molecule has 9 heteroatoms. The maximum Gasteiger partial charge on any atom is 0.224 e. The SMILES string of the molecule is CCNC(=NCc1nnc2ccccn12)NCCC(=O)N(C)Cc1ccccc1.I. The third kappa shape index (κ3) is 6.68. The molecule has 0 saturated heterocycles. The first-order chi connectivity index (χ1) is 14.2. The number of rotatable bonds is 8. The van der Waals surface area contributed by atoms with Crippen LogP contribution in [0.15, 0.2) is 59.7 Å². The van der Waals surface area contributed by atoms with E-state index in [0.29, 0.717) is 32.0 Å². The topological polar surface area (TPSA) is 86.9 Å². The van der Waals surface area contributed by atoms with Crippen molar-refractivity contribution >= 4 is 41.5 Å². The number of halogens is 1. The van der Waals surface area contributed by atoms with Crippen molar-refractivity contribution in [2.45, 2.75) is 26.4 Å². The number of fused-ring (bicyclic) bond motifs is 1. The Morgan fingerprint density at radius 2 is 1.87 bits per heavy atom. The predicted molar refractivity (Wildman–Crippen MR) is 129 cm³/mol. The van der Waals surface area contributed by atoms with Gasteiger partial charge in [0.25, 0.3) is 0 Å². The molecule has 3 aromatic rings. The second kappa shape index (κ2) is 12.1. The smallest absolute Gasteiger partial charge is 0.224 e. The molecule has 2 heterocycles. The summed E-state index contributed by atoms with van der Waals surface area (Å²) in [6, 6.07) is 15.7. The van der Waals surface area contributed by atoms with Gasteiger partial charge in [-0.25, -0.2) is 4.99 Å². The quantitative estimate of drug-likeness (QED) is 0.270. The van der Waals surface area contributed by atoms with Gasteiger partial charge in [-0.2, -0.15) is 0 Å². The van der Waals surface area contributed by atoms with Crippen LogP contribution in [0.3, 0.4) is 0 Å². The molecule has 0 bridgehead atoms. The number of nitrogens with zero attached hydrogens (tertiary/aromatic N) is 5. The third-order valence-electron chi connectivity index (χ3n) is 4.43. The van der Waals surface area contributed by atoms with E-state index in [-0.39, 0.29) is 29.9 Å². The number of carbonyl (C=O) groups excluding carboxylic acids is 1. The molecule has 3 rings (SSSR count). The van der Waals surface area contributed by atoms with E-state index in [4.69, 9.17) is 0 Å². The Hall–Kier alpha value is -2.69. The maximum atomic E-state index is 12.4. The summed E-state index contributed by atoms with van der Waals surface area (Å²) in [5.74, 6) is 1.50. The van der Waals surface area contributed by atoms with Gasteiger partial charge in [0.1, 0.15) is 6.54 Å². The van der Waals surface area contributed by atoms with Crippen molar-refractivity contribution in [3.05, 3.63) is 66.1 Å². The van der Waals surface area contributed by atoms with Crippen molar-refractivity contribution in [2.24, 2.45) is 4.99 Å². The minimum absolute atomic E-state index is 0. The highest BCUT2D eigenvalue weighted by Crippen LogP contribution is 2.05. The zero-order valence-electron chi connectivity index (χ0n) is 17.3. The number of hydrogen-bond donors (Lipinski definition) is 2. The summed E-state index contributed by atoms with van der Waals surface area (Å²) in [6.45, 7) is 4.23. The Labute approximate surface area is 193 Å². The van der Waals surface area contributed by atoms with E-state index in [9.17, 15) is 4.79 Å². The number of benzene rings is 1. The molecule has 0 spiro atoms. The zero-order chi connectivity index (χ0) is 20.5. The molecule has 0 atom stereocenters. The molecule has 8 nitrogen and oxygen atoms in total. The fourth-order valence-electron chi connectivity index (χ4n) is 2.91. The summed E-state index contributed by atoms with van der Waals surface area (Å²) in [6.07, 6.45) is 2.31. The molecule has 0 radical (unpaired) electrons. The van der Waals surface area contributed by atoms with Gasteiger partial charge >= 0.3 is 0 Å². The van der Waals surface area contributed by atoms with Crippen molar-refractivity contribution in [2.75, 3.05) is 20.1 Å². The minimum Gasteiger partial charge on any atom is -0.357 e. The fraction of sp³-hybridized carbons (Fsp3) is 0.333. The number of carbonyl (C=O) groups is 1. The van der Waals surface area contributed by atoms with Crippen LogP contribution >= 0.6 is 24.0 Å². The lowest BCUT2D eigenvalue weighted by Gasteiger charge is -2.18. The Morgan fingerprint density at radius 1 is 1.10 bits per heavy atom. The fourth-order valence-corrected chi connectivity index (χ4v) is 2.91. The maximum absolute atomic E-state index is 12.4. The summed E-state index contributed by atoms with van der Waals surface area (Å²) in [5, 5.41) is 14.7. The van der Waals surface area contributed by atoms with Crippen LogP contribution in [-0.2, 0) is 17.9 Å². The first-order valence-electron chi connectivity index (χ1n) is 9.76. The molecular formula is C21H28IN7O. The lowest BCUT2D eigenvalue weighted by atomic mass is 10.2. The van der Waals surface area contributed by atoms with Gasteiger partial charge in [0.05, 0.1) is 0 Å². The summed E-state index contributed by atoms with van der Waals surface area (Å²) in [4.78, 5) is 18.7. The Morgan fingerprint density at radius 3 is 2.63 bits per heavy atom. The van der Waals surface area contributed by atoms with E-state index in [1.54, 1.807) is 4.90 Å². The number of aliphatic imine (C=N–C) groups is 1. The van der Waals surface area contributed by atoms with Crippen molar-refractivity contribution in [3.63, 3.8) is 0 Å². The monoisotopic (exact) mass is 521 g/mol. The van der Waals surface area contributed by atoms with Gasteiger partial charge in [-0.05, 0) is 24.6 Å². The van der Waals surface area contributed by atoms with Gasteiger partial charge in [-0.15, -0.1) is 34.2 Å². The first kappa shape index (κ1) is 23.6. The van der Waals surface area contributed by atoms with E-state index in [2.05, 4.69) is 25.8 Å². The van der Waals surface area contributed by atoms with Gasteiger partial charge in [0.15, 0.2) is 17.4 Å². The summed E-state index contributed by atoms with van der Waals surface area (Å²) in [5.41, 5.74) is 1.91. The number of pyridine rings is 1. The van der Waals surface area contributed by atoms with E-state index in [0.717, 1.165) is 23.6 Å². The molecule has 2 N–H and O–H groups in total. The number of hydrogen-bond acceptors (Lipinski definition) is 4. The largest absolute Gasteiger partial charge is 0.357 e. The molecule has 1 amide bonds. The van der Waals surface area contributed by atoms with Crippen molar-refractivity contribution in [3.8, 4) is 0 Å². The standard InChI is InChI=1S/C21H27N7O.HI/c1-3-22-21(24-15-19-26-25-18-11-7-8-14-28(18)19)23-13-12-20(29)27(2)16-17-9-5-4-6-10-17;/h4-11,14H,3,12-13,15-16H2,1-2H3,(H2,22,23,24);1H. The van der Waals surface area contributed by atoms with Crippen LogP contribution < -0.4 is 10.6 Å². The molecule has 1 aromatic carbocycles. The van der Waals surface area contributed by atoms with Gasteiger partial charge in [0.2, 0.25) is 5.91 Å². The lowest BCUT2D eigenvalue weighted by Crippen LogP contribution is -2.39. The van der Waals surface area contributed by atoms with Gasteiger partial charge in [-0.1, -0.05) is 36.4 Å². The highest BCUT2D eigenvalue weighted by molar-refractivity contribution is 14.0. The number of guanidine groups is 1.